The Morgan fingerprint density at radius 3 is 2.43 bits per heavy atom. The number of carboxylic acids is 1. The summed E-state index contributed by atoms with van der Waals surface area (Å²) in [6.45, 7) is 3.31. The zero-order valence-electron chi connectivity index (χ0n) is 13.4. The van der Waals surface area contributed by atoms with Gasteiger partial charge >= 0.3 is 5.97 Å². The molecule has 0 bridgehead atoms. The van der Waals surface area contributed by atoms with Crippen molar-refractivity contribution in [3.8, 4) is 0 Å². The molecule has 126 valence electrons. The van der Waals surface area contributed by atoms with Crippen molar-refractivity contribution in [1.82, 2.24) is 5.32 Å². The van der Waals surface area contributed by atoms with Gasteiger partial charge in [0, 0.05) is 18.2 Å². The van der Waals surface area contributed by atoms with E-state index in [1.807, 2.05) is 48.7 Å². The van der Waals surface area contributed by atoms with E-state index in [0.29, 0.717) is 6.42 Å². The number of benzene rings is 1. The smallest absolute Gasteiger partial charge is 0.326 e. The number of carbonyl (C=O) groups is 2. The molecule has 0 saturated heterocycles. The predicted octanol–water partition coefficient (Wildman–Crippen LogP) is 2.69. The summed E-state index contributed by atoms with van der Waals surface area (Å²) in [6.07, 6.45) is 3.38. The summed E-state index contributed by atoms with van der Waals surface area (Å²) >= 11 is 1.62. The highest BCUT2D eigenvalue weighted by molar-refractivity contribution is 8.03. The average Bonchev–Trinajstić information content (AvgIpc) is 3.00. The van der Waals surface area contributed by atoms with E-state index in [9.17, 15) is 9.59 Å². The minimum absolute atomic E-state index is 0.159. The Labute approximate surface area is 141 Å². The highest BCUT2D eigenvalue weighted by Gasteiger charge is 2.23. The quantitative estimate of drug-likeness (QED) is 0.769. The molecule has 1 amide bonds. The van der Waals surface area contributed by atoms with Crippen LogP contribution in [0, 0.1) is 0 Å². The van der Waals surface area contributed by atoms with Crippen LogP contribution in [0.4, 0.5) is 0 Å². The molecule has 0 aromatic heterocycles. The minimum Gasteiger partial charge on any atom is -0.480 e. The number of amides is 1. The first-order valence-electron chi connectivity index (χ1n) is 7.51. The molecule has 0 radical (unpaired) electrons. The standard InChI is InChI=1S/C9H13NO3S.C8H11N/c1-6(11)10-8(9(12)13)5-7-3-2-4-14-7;1-7(9)8-5-3-2-4-6-8/h2,4,7-8H,3,5H2,1H3,(H,10,11)(H,12,13);2-7H,9H2,1H3/t7?,8-;/m0./s1. The second-order valence-corrected chi connectivity index (χ2v) is 6.60. The van der Waals surface area contributed by atoms with Crippen LogP contribution in [0.25, 0.3) is 0 Å². The number of thioether (sulfide) groups is 1. The maximum absolute atomic E-state index is 10.8. The van der Waals surface area contributed by atoms with E-state index in [-0.39, 0.29) is 17.2 Å². The Bertz CT molecular complexity index is 524. The number of nitrogens with two attached hydrogens (primary N) is 1. The van der Waals surface area contributed by atoms with Crippen LogP contribution < -0.4 is 11.1 Å². The molecule has 1 aromatic carbocycles. The summed E-state index contributed by atoms with van der Waals surface area (Å²) in [5.41, 5.74) is 6.81. The summed E-state index contributed by atoms with van der Waals surface area (Å²) in [6, 6.07) is 9.45. The first-order chi connectivity index (χ1) is 10.9. The highest BCUT2D eigenvalue weighted by Crippen LogP contribution is 2.27. The Morgan fingerprint density at radius 2 is 2.04 bits per heavy atom. The maximum Gasteiger partial charge on any atom is 0.326 e. The fourth-order valence-corrected chi connectivity index (χ4v) is 3.04. The van der Waals surface area contributed by atoms with Crippen LogP contribution in [0.2, 0.25) is 0 Å². The van der Waals surface area contributed by atoms with E-state index in [2.05, 4.69) is 5.32 Å². The van der Waals surface area contributed by atoms with Crippen LogP contribution in [-0.4, -0.2) is 28.3 Å². The third-order valence-corrected chi connectivity index (χ3v) is 4.39. The van der Waals surface area contributed by atoms with E-state index < -0.39 is 12.0 Å². The SMILES string of the molecule is CC(=O)N[C@@H](CC1CC=CS1)C(=O)O.CC(N)c1ccccc1. The molecule has 2 rings (SSSR count). The first kappa shape index (κ1) is 19.3. The third-order valence-electron chi connectivity index (χ3n) is 3.27. The molecule has 1 heterocycles. The summed E-state index contributed by atoms with van der Waals surface area (Å²) in [7, 11) is 0. The van der Waals surface area contributed by atoms with Crippen molar-refractivity contribution in [2.45, 2.75) is 44.0 Å². The van der Waals surface area contributed by atoms with Gasteiger partial charge in [0.15, 0.2) is 0 Å². The molecule has 0 aliphatic carbocycles. The van der Waals surface area contributed by atoms with Crippen LogP contribution in [-0.2, 0) is 9.59 Å². The molecule has 23 heavy (non-hydrogen) atoms. The number of hydrogen-bond donors (Lipinski definition) is 3. The third kappa shape index (κ3) is 7.85. The fraction of sp³-hybridized carbons (Fsp3) is 0.412. The van der Waals surface area contributed by atoms with E-state index in [0.717, 1.165) is 6.42 Å². The largest absolute Gasteiger partial charge is 0.480 e. The van der Waals surface area contributed by atoms with Gasteiger partial charge in [-0.3, -0.25) is 4.79 Å². The summed E-state index contributed by atoms with van der Waals surface area (Å²) in [4.78, 5) is 21.5. The number of hydrogen-bond acceptors (Lipinski definition) is 4. The summed E-state index contributed by atoms with van der Waals surface area (Å²) in [5, 5.41) is 13.5. The van der Waals surface area contributed by atoms with Gasteiger partial charge in [0.2, 0.25) is 5.91 Å². The van der Waals surface area contributed by atoms with Crippen molar-refractivity contribution in [3.63, 3.8) is 0 Å². The molecule has 0 spiro atoms. The lowest BCUT2D eigenvalue weighted by atomic mass is 10.1. The van der Waals surface area contributed by atoms with E-state index >= 15 is 0 Å². The van der Waals surface area contributed by atoms with E-state index in [1.165, 1.54) is 12.5 Å². The number of nitrogens with one attached hydrogen (secondary N) is 1. The number of allylic oxidation sites excluding steroid dienone is 1. The van der Waals surface area contributed by atoms with Crippen LogP contribution in [0.1, 0.15) is 38.3 Å². The van der Waals surface area contributed by atoms with Crippen LogP contribution in [0.5, 0.6) is 0 Å². The normalized spacial score (nSPS) is 18.5. The lowest BCUT2D eigenvalue weighted by Gasteiger charge is -2.16. The summed E-state index contributed by atoms with van der Waals surface area (Å²) < 4.78 is 0. The number of aliphatic carboxylic acids is 1. The molecule has 6 heteroatoms. The molecule has 2 unspecified atom stereocenters. The zero-order chi connectivity index (χ0) is 17.2. The molecule has 5 nitrogen and oxygen atoms in total. The minimum atomic E-state index is -0.965. The Kier molecular flexibility index (Phi) is 8.43. The van der Waals surface area contributed by atoms with Gasteiger partial charge in [-0.1, -0.05) is 36.4 Å². The second-order valence-electron chi connectivity index (χ2n) is 5.39. The Balaban J connectivity index is 0.000000253. The first-order valence-corrected chi connectivity index (χ1v) is 8.45. The molecular formula is C17H24N2O3S. The van der Waals surface area contributed by atoms with Crippen molar-refractivity contribution in [3.05, 3.63) is 47.4 Å². The topological polar surface area (TPSA) is 92.4 Å². The molecule has 1 aliphatic heterocycles. The molecule has 3 atom stereocenters. The van der Waals surface area contributed by atoms with Gasteiger partial charge in [0.1, 0.15) is 6.04 Å². The zero-order valence-corrected chi connectivity index (χ0v) is 14.3. The van der Waals surface area contributed by atoms with Gasteiger partial charge in [0.05, 0.1) is 0 Å². The van der Waals surface area contributed by atoms with Gasteiger partial charge in [-0.15, -0.1) is 11.8 Å². The van der Waals surface area contributed by atoms with Crippen molar-refractivity contribution in [2.75, 3.05) is 0 Å². The van der Waals surface area contributed by atoms with Crippen molar-refractivity contribution < 1.29 is 14.7 Å². The second kappa shape index (κ2) is 10.1. The van der Waals surface area contributed by atoms with Crippen molar-refractivity contribution in [1.29, 1.82) is 0 Å². The van der Waals surface area contributed by atoms with Crippen molar-refractivity contribution >= 4 is 23.6 Å². The van der Waals surface area contributed by atoms with Crippen molar-refractivity contribution in [2.24, 2.45) is 5.73 Å². The van der Waals surface area contributed by atoms with Crippen LogP contribution in [0.15, 0.2) is 41.8 Å². The van der Waals surface area contributed by atoms with Gasteiger partial charge in [-0.25, -0.2) is 4.79 Å². The fourth-order valence-electron chi connectivity index (χ4n) is 2.07. The van der Waals surface area contributed by atoms with Gasteiger partial charge in [0.25, 0.3) is 0 Å². The van der Waals surface area contributed by atoms with Gasteiger partial charge in [-0.2, -0.15) is 0 Å². The Morgan fingerprint density at radius 1 is 1.39 bits per heavy atom. The predicted molar refractivity (Wildman–Crippen MR) is 94.0 cm³/mol. The number of carbonyl (C=O) groups excluding carboxylic acids is 1. The van der Waals surface area contributed by atoms with Gasteiger partial charge < -0.3 is 16.2 Å². The molecule has 1 aliphatic rings. The lowest BCUT2D eigenvalue weighted by Crippen LogP contribution is -2.41. The van der Waals surface area contributed by atoms with Crippen LogP contribution >= 0.6 is 11.8 Å². The Hall–Kier alpha value is -1.79. The number of carboxylic acid groups (broad SMARTS) is 1. The molecule has 0 saturated carbocycles. The van der Waals surface area contributed by atoms with E-state index in [1.54, 1.807) is 11.8 Å². The highest BCUT2D eigenvalue weighted by atomic mass is 32.2. The van der Waals surface area contributed by atoms with E-state index in [4.69, 9.17) is 10.8 Å². The molecule has 0 fully saturated rings. The lowest BCUT2D eigenvalue weighted by molar-refractivity contribution is -0.141. The average molecular weight is 336 g/mol. The number of rotatable bonds is 5. The van der Waals surface area contributed by atoms with Gasteiger partial charge in [-0.05, 0) is 30.7 Å². The van der Waals surface area contributed by atoms with Crippen LogP contribution in [0.3, 0.4) is 0 Å². The maximum atomic E-state index is 10.8. The molecular weight excluding hydrogens is 312 g/mol. The summed E-state index contributed by atoms with van der Waals surface area (Å²) in [5.74, 6) is -1.26. The molecule has 1 aromatic rings. The molecule has 4 N–H and O–H groups in total. The monoisotopic (exact) mass is 336 g/mol.